The molecule has 146 valence electrons. The van der Waals surface area contributed by atoms with Crippen molar-refractivity contribution in [2.24, 2.45) is 15.4 Å². The van der Waals surface area contributed by atoms with Crippen molar-refractivity contribution in [2.75, 3.05) is 23.3 Å². The number of rotatable bonds is 7. The lowest BCUT2D eigenvalue weighted by Crippen LogP contribution is -2.21. The molecule has 2 rings (SSSR count). The third-order valence-corrected chi connectivity index (χ3v) is 4.12. The molecule has 0 fully saturated rings. The van der Waals surface area contributed by atoms with Crippen LogP contribution in [-0.2, 0) is 4.79 Å². The summed E-state index contributed by atoms with van der Waals surface area (Å²) in [5, 5.41) is 32.3. The highest BCUT2D eigenvalue weighted by Crippen LogP contribution is 2.34. The van der Waals surface area contributed by atoms with E-state index in [1.165, 1.54) is 19.1 Å². The van der Waals surface area contributed by atoms with Gasteiger partial charge < -0.3 is 10.2 Å². The zero-order valence-electron chi connectivity index (χ0n) is 16.3. The van der Waals surface area contributed by atoms with Crippen LogP contribution in [0.1, 0.15) is 31.9 Å². The third kappa shape index (κ3) is 4.99. The number of carbonyl (C=O) groups is 1. The monoisotopic (exact) mass is 389 g/mol. The Labute approximate surface area is 168 Å². The third-order valence-electron chi connectivity index (χ3n) is 4.12. The maximum absolute atomic E-state index is 11.6. The van der Waals surface area contributed by atoms with Gasteiger partial charge in [-0.2, -0.15) is 10.5 Å². The molecule has 0 unspecified atom stereocenters. The standard InChI is InChI=1S/C20H19N7O2/c1-4-27(5-2)17-6-7-18(19(10-17)23-13(3)28)24-25-20-14(11-21)8-16(26-29)9-15(20)12-22/h6-10H,4-5H2,1-3H3,(H,23,28)/b25-24+. The molecule has 2 aromatic carbocycles. The van der Waals surface area contributed by atoms with Gasteiger partial charge in [0.2, 0.25) is 5.91 Å². The van der Waals surface area contributed by atoms with E-state index >= 15 is 0 Å². The Balaban J connectivity index is 2.55. The zero-order valence-corrected chi connectivity index (χ0v) is 16.3. The SMILES string of the molecule is CCN(CC)c1ccc(/N=N/c2c(C#N)cc(N=O)cc2C#N)c(NC(C)=O)c1. The Morgan fingerprint density at radius 2 is 1.69 bits per heavy atom. The predicted molar refractivity (Wildman–Crippen MR) is 110 cm³/mol. The summed E-state index contributed by atoms with van der Waals surface area (Å²) in [6, 6.07) is 11.6. The molecule has 0 saturated heterocycles. The molecule has 9 heteroatoms. The first-order chi connectivity index (χ1) is 14.0. The summed E-state index contributed by atoms with van der Waals surface area (Å²) in [5.41, 5.74) is 1.72. The molecule has 0 aliphatic rings. The van der Waals surface area contributed by atoms with E-state index in [-0.39, 0.29) is 28.4 Å². The molecule has 0 atom stereocenters. The van der Waals surface area contributed by atoms with E-state index in [1.807, 2.05) is 32.1 Å². The largest absolute Gasteiger partial charge is 0.372 e. The van der Waals surface area contributed by atoms with Gasteiger partial charge in [0.15, 0.2) is 0 Å². The number of anilines is 2. The average Bonchev–Trinajstić information content (AvgIpc) is 2.73. The molecule has 0 aliphatic heterocycles. The van der Waals surface area contributed by atoms with Crippen LogP contribution in [0.25, 0.3) is 0 Å². The average molecular weight is 389 g/mol. The minimum Gasteiger partial charge on any atom is -0.372 e. The van der Waals surface area contributed by atoms with Gasteiger partial charge in [0, 0.05) is 25.7 Å². The smallest absolute Gasteiger partial charge is 0.221 e. The molecular weight excluding hydrogens is 370 g/mol. The normalized spacial score (nSPS) is 10.2. The van der Waals surface area contributed by atoms with E-state index in [2.05, 4.69) is 25.6 Å². The van der Waals surface area contributed by atoms with E-state index < -0.39 is 0 Å². The van der Waals surface area contributed by atoms with Crippen LogP contribution >= 0.6 is 0 Å². The minimum absolute atomic E-state index is 0.00300. The zero-order chi connectivity index (χ0) is 21.4. The number of nitriles is 2. The van der Waals surface area contributed by atoms with Crippen molar-refractivity contribution in [1.82, 2.24) is 0 Å². The Kier molecular flexibility index (Phi) is 7.10. The number of carbonyl (C=O) groups excluding carboxylic acids is 1. The van der Waals surface area contributed by atoms with Crippen LogP contribution in [0, 0.1) is 27.6 Å². The molecule has 0 saturated carbocycles. The summed E-state index contributed by atoms with van der Waals surface area (Å²) in [6.45, 7) is 7.04. The first kappa shape index (κ1) is 21.2. The molecule has 0 heterocycles. The molecule has 0 radical (unpaired) electrons. The minimum atomic E-state index is -0.269. The number of benzene rings is 2. The number of nitroso groups, excluding NO2 is 1. The first-order valence-electron chi connectivity index (χ1n) is 8.87. The second kappa shape index (κ2) is 9.72. The van der Waals surface area contributed by atoms with E-state index in [0.29, 0.717) is 11.4 Å². The van der Waals surface area contributed by atoms with Crippen LogP contribution < -0.4 is 10.2 Å². The Bertz CT molecular complexity index is 1010. The van der Waals surface area contributed by atoms with Crippen LogP contribution in [0.5, 0.6) is 0 Å². The summed E-state index contributed by atoms with van der Waals surface area (Å²) in [7, 11) is 0. The quantitative estimate of drug-likeness (QED) is 0.522. The summed E-state index contributed by atoms with van der Waals surface area (Å²) in [4.78, 5) is 24.5. The molecule has 0 bridgehead atoms. The van der Waals surface area contributed by atoms with Crippen LogP contribution in [0.4, 0.5) is 28.4 Å². The van der Waals surface area contributed by atoms with Gasteiger partial charge in [-0.15, -0.1) is 15.1 Å². The molecule has 29 heavy (non-hydrogen) atoms. The second-order valence-corrected chi connectivity index (χ2v) is 5.96. The number of nitrogens with one attached hydrogen (secondary N) is 1. The van der Waals surface area contributed by atoms with E-state index in [9.17, 15) is 20.2 Å². The van der Waals surface area contributed by atoms with Crippen molar-refractivity contribution in [3.8, 4) is 12.1 Å². The molecule has 9 nitrogen and oxygen atoms in total. The van der Waals surface area contributed by atoms with Crippen LogP contribution in [0.15, 0.2) is 45.7 Å². The van der Waals surface area contributed by atoms with E-state index in [1.54, 1.807) is 12.1 Å². The Morgan fingerprint density at radius 3 is 2.17 bits per heavy atom. The van der Waals surface area contributed by atoms with Crippen molar-refractivity contribution in [1.29, 1.82) is 10.5 Å². The molecule has 1 amide bonds. The van der Waals surface area contributed by atoms with Gasteiger partial charge in [-0.25, -0.2) is 0 Å². The lowest BCUT2D eigenvalue weighted by molar-refractivity contribution is -0.114. The highest BCUT2D eigenvalue weighted by molar-refractivity contribution is 5.93. The van der Waals surface area contributed by atoms with Gasteiger partial charge in [0.1, 0.15) is 29.2 Å². The van der Waals surface area contributed by atoms with Crippen LogP contribution in [0.3, 0.4) is 0 Å². The predicted octanol–water partition coefficient (Wildman–Crippen LogP) is 5.05. The summed E-state index contributed by atoms with van der Waals surface area (Å²) < 4.78 is 0. The van der Waals surface area contributed by atoms with Crippen molar-refractivity contribution in [3.05, 3.63) is 46.4 Å². The number of amides is 1. The Morgan fingerprint density at radius 1 is 1.07 bits per heavy atom. The molecule has 2 aromatic rings. The van der Waals surface area contributed by atoms with Gasteiger partial charge in [0.25, 0.3) is 0 Å². The van der Waals surface area contributed by atoms with Gasteiger partial charge in [-0.3, -0.25) is 4.79 Å². The van der Waals surface area contributed by atoms with Gasteiger partial charge in [0.05, 0.1) is 16.8 Å². The fourth-order valence-electron chi connectivity index (χ4n) is 2.74. The molecular formula is C20H19N7O2. The molecule has 0 aromatic heterocycles. The molecule has 0 spiro atoms. The topological polar surface area (TPSA) is 134 Å². The van der Waals surface area contributed by atoms with E-state index in [0.717, 1.165) is 18.8 Å². The van der Waals surface area contributed by atoms with Crippen molar-refractivity contribution >= 4 is 34.3 Å². The number of hydrogen-bond acceptors (Lipinski definition) is 8. The number of hydrogen-bond donors (Lipinski definition) is 1. The first-order valence-corrected chi connectivity index (χ1v) is 8.87. The number of azo groups is 1. The van der Waals surface area contributed by atoms with Crippen molar-refractivity contribution < 1.29 is 4.79 Å². The van der Waals surface area contributed by atoms with Crippen LogP contribution in [-0.4, -0.2) is 19.0 Å². The lowest BCUT2D eigenvalue weighted by Gasteiger charge is -2.22. The number of nitrogens with zero attached hydrogens (tertiary/aromatic N) is 6. The molecule has 0 aliphatic carbocycles. The van der Waals surface area contributed by atoms with Gasteiger partial charge >= 0.3 is 0 Å². The fourth-order valence-corrected chi connectivity index (χ4v) is 2.74. The van der Waals surface area contributed by atoms with Gasteiger partial charge in [-0.1, -0.05) is 0 Å². The lowest BCUT2D eigenvalue weighted by atomic mass is 10.1. The maximum atomic E-state index is 11.6. The summed E-state index contributed by atoms with van der Waals surface area (Å²) in [5.74, 6) is -0.269. The highest BCUT2D eigenvalue weighted by Gasteiger charge is 2.13. The van der Waals surface area contributed by atoms with Crippen LogP contribution in [0.2, 0.25) is 0 Å². The van der Waals surface area contributed by atoms with Crippen molar-refractivity contribution in [2.45, 2.75) is 20.8 Å². The summed E-state index contributed by atoms with van der Waals surface area (Å²) >= 11 is 0. The molecule has 1 N–H and O–H groups in total. The Hall–Kier alpha value is -4.11. The highest BCUT2D eigenvalue weighted by atomic mass is 16.3. The van der Waals surface area contributed by atoms with Crippen molar-refractivity contribution in [3.63, 3.8) is 0 Å². The fraction of sp³-hybridized carbons (Fsp3) is 0.250. The maximum Gasteiger partial charge on any atom is 0.221 e. The van der Waals surface area contributed by atoms with E-state index in [4.69, 9.17) is 0 Å². The van der Waals surface area contributed by atoms with Gasteiger partial charge in [-0.05, 0) is 49.4 Å². The summed E-state index contributed by atoms with van der Waals surface area (Å²) in [6.07, 6.45) is 0. The second-order valence-electron chi connectivity index (χ2n) is 5.96.